The molecule has 0 aromatic heterocycles. The molecule has 7 heteroatoms. The molecule has 1 aromatic carbocycles. The Morgan fingerprint density at radius 1 is 1.03 bits per heavy atom. The van der Waals surface area contributed by atoms with Crippen LogP contribution < -0.4 is 10.5 Å². The number of nitrogens with zero attached hydrogens (tertiary/aromatic N) is 1. The quantitative estimate of drug-likeness (QED) is 0.579. The van der Waals surface area contributed by atoms with Crippen molar-refractivity contribution in [3.63, 3.8) is 0 Å². The highest BCUT2D eigenvalue weighted by atomic mass is 79.9. The van der Waals surface area contributed by atoms with Gasteiger partial charge < -0.3 is 15.4 Å². The van der Waals surface area contributed by atoms with Gasteiger partial charge in [0.15, 0.2) is 18.2 Å². The van der Waals surface area contributed by atoms with Crippen LogP contribution in [0.1, 0.15) is 71.8 Å². The zero-order valence-electron chi connectivity index (χ0n) is 20.6. The number of amides is 1. The molecule has 0 unspecified atom stereocenters. The number of benzene rings is 1. The minimum atomic E-state index is -0.583. The summed E-state index contributed by atoms with van der Waals surface area (Å²) in [4.78, 5) is 41.1. The third-order valence-electron chi connectivity index (χ3n) is 6.99. The number of ketones is 2. The summed E-state index contributed by atoms with van der Waals surface area (Å²) in [5, 5.41) is 0. The molecule has 0 radical (unpaired) electrons. The van der Waals surface area contributed by atoms with E-state index in [1.807, 2.05) is 12.1 Å². The van der Waals surface area contributed by atoms with E-state index in [2.05, 4.69) is 55.4 Å². The fourth-order valence-corrected chi connectivity index (χ4v) is 6.14. The van der Waals surface area contributed by atoms with Crippen molar-refractivity contribution in [2.24, 2.45) is 16.6 Å². The molecular weight excluding hydrogens is 496 g/mol. The van der Waals surface area contributed by atoms with Crippen molar-refractivity contribution in [2.75, 3.05) is 13.2 Å². The fraction of sp³-hybridized carbons (Fsp3) is 0.519. The monoisotopic (exact) mass is 528 g/mol. The lowest BCUT2D eigenvalue weighted by molar-refractivity contribution is -0.121. The van der Waals surface area contributed by atoms with Gasteiger partial charge in [-0.3, -0.25) is 14.4 Å². The predicted octanol–water partition coefficient (Wildman–Crippen LogP) is 5.02. The molecule has 1 amide bonds. The first kappa shape index (κ1) is 24.7. The fourth-order valence-electron chi connectivity index (χ4n) is 5.77. The Morgan fingerprint density at radius 2 is 1.56 bits per heavy atom. The normalized spacial score (nSPS) is 22.0. The molecule has 1 aliphatic heterocycles. The summed E-state index contributed by atoms with van der Waals surface area (Å²) in [6.45, 7) is 11.0. The van der Waals surface area contributed by atoms with Crippen LogP contribution in [0.25, 0.3) is 0 Å². The van der Waals surface area contributed by atoms with Gasteiger partial charge in [0.05, 0.1) is 0 Å². The molecule has 0 atom stereocenters. The number of allylic oxidation sites excluding steroid dienone is 4. The number of rotatable bonds is 5. The van der Waals surface area contributed by atoms with Gasteiger partial charge in [0, 0.05) is 57.9 Å². The highest BCUT2D eigenvalue weighted by molar-refractivity contribution is 9.10. The van der Waals surface area contributed by atoms with Crippen LogP contribution in [0.5, 0.6) is 5.75 Å². The lowest BCUT2D eigenvalue weighted by atomic mass is 9.63. The molecule has 0 spiro atoms. The van der Waals surface area contributed by atoms with Gasteiger partial charge in [0.1, 0.15) is 5.75 Å². The summed E-state index contributed by atoms with van der Waals surface area (Å²) >= 11 is 3.55. The molecular formula is C27H33BrN2O4. The van der Waals surface area contributed by atoms with Crippen LogP contribution in [-0.4, -0.2) is 35.5 Å². The van der Waals surface area contributed by atoms with Crippen LogP contribution >= 0.6 is 15.9 Å². The number of halogens is 1. The smallest absolute Gasteiger partial charge is 0.255 e. The van der Waals surface area contributed by atoms with Crippen molar-refractivity contribution in [3.05, 3.63) is 50.8 Å². The molecule has 34 heavy (non-hydrogen) atoms. The van der Waals surface area contributed by atoms with Crippen LogP contribution in [0.4, 0.5) is 0 Å². The SMILES string of the molecule is CCN1C2=C(C(=O)CC(C)(C)C2)C(c2cc(Br)ccc2OCC(N)=O)C2=C1CC(C)(C)CC2=O. The van der Waals surface area contributed by atoms with Crippen LogP contribution in [-0.2, 0) is 14.4 Å². The van der Waals surface area contributed by atoms with Crippen molar-refractivity contribution in [2.45, 2.75) is 66.2 Å². The molecule has 0 bridgehead atoms. The summed E-state index contributed by atoms with van der Waals surface area (Å²) in [5.41, 5.74) is 9.14. The van der Waals surface area contributed by atoms with Gasteiger partial charge in [-0.2, -0.15) is 0 Å². The first-order chi connectivity index (χ1) is 15.8. The maximum Gasteiger partial charge on any atom is 0.255 e. The van der Waals surface area contributed by atoms with E-state index in [1.165, 1.54) is 0 Å². The minimum Gasteiger partial charge on any atom is -0.483 e. The van der Waals surface area contributed by atoms with Gasteiger partial charge in [0.25, 0.3) is 5.91 Å². The second-order valence-corrected chi connectivity index (χ2v) is 12.1. The van der Waals surface area contributed by atoms with Crippen molar-refractivity contribution in [1.29, 1.82) is 0 Å². The molecule has 4 rings (SSSR count). The second-order valence-electron chi connectivity index (χ2n) is 11.2. The molecule has 2 aliphatic carbocycles. The maximum absolute atomic E-state index is 13.7. The van der Waals surface area contributed by atoms with Crippen molar-refractivity contribution in [3.8, 4) is 5.75 Å². The number of hydrogen-bond acceptors (Lipinski definition) is 5. The van der Waals surface area contributed by atoms with E-state index in [-0.39, 0.29) is 29.0 Å². The van der Waals surface area contributed by atoms with E-state index in [4.69, 9.17) is 10.5 Å². The van der Waals surface area contributed by atoms with Crippen LogP contribution in [0.15, 0.2) is 45.2 Å². The first-order valence-electron chi connectivity index (χ1n) is 11.8. The predicted molar refractivity (Wildman–Crippen MR) is 134 cm³/mol. The van der Waals surface area contributed by atoms with E-state index in [1.54, 1.807) is 6.07 Å². The molecule has 3 aliphatic rings. The zero-order valence-corrected chi connectivity index (χ0v) is 22.2. The molecule has 2 N–H and O–H groups in total. The average molecular weight is 529 g/mol. The minimum absolute atomic E-state index is 0.0692. The summed E-state index contributed by atoms with van der Waals surface area (Å²) in [5.74, 6) is -0.508. The Morgan fingerprint density at radius 3 is 2.03 bits per heavy atom. The molecule has 6 nitrogen and oxygen atoms in total. The lowest BCUT2D eigenvalue weighted by Crippen LogP contribution is -2.44. The number of carbonyl (C=O) groups excluding carboxylic acids is 3. The second kappa shape index (κ2) is 8.67. The molecule has 1 heterocycles. The number of nitrogens with two attached hydrogens (primary N) is 1. The summed E-state index contributed by atoms with van der Waals surface area (Å²) in [6, 6.07) is 5.49. The van der Waals surface area contributed by atoms with Gasteiger partial charge in [-0.1, -0.05) is 43.6 Å². The number of carbonyl (C=O) groups is 3. The van der Waals surface area contributed by atoms with Crippen LogP contribution in [0, 0.1) is 10.8 Å². The van der Waals surface area contributed by atoms with E-state index in [0.29, 0.717) is 41.8 Å². The first-order valence-corrected chi connectivity index (χ1v) is 12.6. The third kappa shape index (κ3) is 4.47. The van der Waals surface area contributed by atoms with Gasteiger partial charge >= 0.3 is 0 Å². The van der Waals surface area contributed by atoms with E-state index in [0.717, 1.165) is 28.7 Å². The standard InChI is InChI=1S/C27H33BrN2O4/c1-6-30-17-10-26(2,3)12-19(31)24(17)23(25-18(30)11-27(4,5)13-20(25)32)16-9-15(28)7-8-21(16)34-14-22(29)33/h7-9,23H,6,10-14H2,1-5H3,(H2,29,33). The largest absolute Gasteiger partial charge is 0.483 e. The Kier molecular flexibility index (Phi) is 6.30. The van der Waals surface area contributed by atoms with Gasteiger partial charge in [0.2, 0.25) is 0 Å². The van der Waals surface area contributed by atoms with E-state index < -0.39 is 11.8 Å². The van der Waals surface area contributed by atoms with E-state index in [9.17, 15) is 14.4 Å². The van der Waals surface area contributed by atoms with Crippen molar-refractivity contribution >= 4 is 33.4 Å². The number of Topliss-reactive ketones (excluding diaryl/α,β-unsaturated/α-hetero) is 2. The summed E-state index contributed by atoms with van der Waals surface area (Å²) < 4.78 is 6.60. The average Bonchev–Trinajstić information content (AvgIpc) is 2.69. The molecule has 0 fully saturated rings. The van der Waals surface area contributed by atoms with Gasteiger partial charge in [-0.25, -0.2) is 0 Å². The number of primary amides is 1. The Hall–Kier alpha value is -2.41. The zero-order chi connectivity index (χ0) is 25.0. The van der Waals surface area contributed by atoms with Crippen LogP contribution in [0.3, 0.4) is 0 Å². The highest BCUT2D eigenvalue weighted by Crippen LogP contribution is 2.55. The maximum atomic E-state index is 13.7. The lowest BCUT2D eigenvalue weighted by Gasteiger charge is -2.49. The van der Waals surface area contributed by atoms with Gasteiger partial charge in [-0.15, -0.1) is 0 Å². The van der Waals surface area contributed by atoms with Crippen molar-refractivity contribution < 1.29 is 19.1 Å². The van der Waals surface area contributed by atoms with Gasteiger partial charge in [-0.05, 0) is 48.8 Å². The molecule has 0 saturated heterocycles. The number of ether oxygens (including phenoxy) is 1. The third-order valence-corrected chi connectivity index (χ3v) is 7.48. The Labute approximate surface area is 209 Å². The summed E-state index contributed by atoms with van der Waals surface area (Å²) in [6.07, 6.45) is 2.37. The number of hydrogen-bond donors (Lipinski definition) is 1. The van der Waals surface area contributed by atoms with E-state index >= 15 is 0 Å². The topological polar surface area (TPSA) is 89.7 Å². The molecule has 0 saturated carbocycles. The van der Waals surface area contributed by atoms with Crippen molar-refractivity contribution in [1.82, 2.24) is 4.90 Å². The summed E-state index contributed by atoms with van der Waals surface area (Å²) in [7, 11) is 0. The molecule has 182 valence electrons. The van der Waals surface area contributed by atoms with Crippen LogP contribution in [0.2, 0.25) is 0 Å². The Balaban J connectivity index is 2.00. The Bertz CT molecular complexity index is 1090. The molecule has 1 aromatic rings. The highest BCUT2D eigenvalue weighted by Gasteiger charge is 2.49.